The Balaban J connectivity index is 2.98. The Hall–Kier alpha value is -0.970. The Labute approximate surface area is 62.3 Å². The van der Waals surface area contributed by atoms with Gasteiger partial charge in [-0.1, -0.05) is 24.4 Å². The van der Waals surface area contributed by atoms with E-state index in [1.807, 2.05) is 0 Å². The molecule has 0 atom stereocenters. The maximum atomic E-state index is 4.92. The van der Waals surface area contributed by atoms with Gasteiger partial charge in [0.05, 0.1) is 0 Å². The highest BCUT2D eigenvalue weighted by Gasteiger charge is 1.77. The minimum atomic E-state index is 0.266. The molecule has 0 aromatic carbocycles. The Kier molecular flexibility index (Phi) is 7.25. The maximum absolute atomic E-state index is 4.92. The third kappa shape index (κ3) is 7.03. The number of unbranched alkanes of at least 4 members (excludes halogenated alkanes) is 2. The smallest absolute Gasteiger partial charge is 0.177 e. The molecular weight excluding hydrogens is 126 g/mol. The van der Waals surface area contributed by atoms with Crippen molar-refractivity contribution in [2.24, 2.45) is 5.16 Å². The standard InChI is InChI=1S/C8H13NO/c1-3-5-6-7-9-10-8-4-2/h2,7H,3,5-6,8H2,1H3. The molecule has 0 saturated carbocycles. The first kappa shape index (κ1) is 9.03. The van der Waals surface area contributed by atoms with E-state index in [0.29, 0.717) is 0 Å². The van der Waals surface area contributed by atoms with Crippen molar-refractivity contribution in [3.05, 3.63) is 0 Å². The van der Waals surface area contributed by atoms with Crippen LogP contribution in [0.15, 0.2) is 5.16 Å². The highest BCUT2D eigenvalue weighted by atomic mass is 16.6. The summed E-state index contributed by atoms with van der Waals surface area (Å²) in [4.78, 5) is 4.66. The molecule has 0 aliphatic heterocycles. The van der Waals surface area contributed by atoms with Crippen molar-refractivity contribution in [3.63, 3.8) is 0 Å². The predicted molar refractivity (Wildman–Crippen MR) is 42.8 cm³/mol. The van der Waals surface area contributed by atoms with Crippen LogP contribution in [0.2, 0.25) is 0 Å². The summed E-state index contributed by atoms with van der Waals surface area (Å²) in [6.45, 7) is 2.40. The predicted octanol–water partition coefficient (Wildman–Crippen LogP) is 1.81. The molecule has 0 unspecified atom stereocenters. The lowest BCUT2D eigenvalue weighted by Gasteiger charge is -1.89. The van der Waals surface area contributed by atoms with E-state index in [4.69, 9.17) is 6.42 Å². The normalized spacial score (nSPS) is 9.60. The average Bonchev–Trinajstić information content (AvgIpc) is 1.97. The lowest BCUT2D eigenvalue weighted by Crippen LogP contribution is -1.82. The van der Waals surface area contributed by atoms with Gasteiger partial charge in [-0.15, -0.1) is 6.42 Å². The van der Waals surface area contributed by atoms with E-state index in [1.165, 1.54) is 6.42 Å². The first-order valence-electron chi connectivity index (χ1n) is 3.49. The zero-order valence-corrected chi connectivity index (χ0v) is 6.34. The second-order valence-corrected chi connectivity index (χ2v) is 1.91. The number of hydrogen-bond donors (Lipinski definition) is 0. The largest absolute Gasteiger partial charge is 0.383 e. The molecule has 0 aromatic rings. The molecular formula is C8H13NO. The van der Waals surface area contributed by atoms with Crippen LogP contribution in [0.3, 0.4) is 0 Å². The molecule has 0 aromatic heterocycles. The lowest BCUT2D eigenvalue weighted by atomic mass is 10.3. The van der Waals surface area contributed by atoms with Gasteiger partial charge in [0.25, 0.3) is 0 Å². The van der Waals surface area contributed by atoms with E-state index < -0.39 is 0 Å². The molecule has 0 N–H and O–H groups in total. The Morgan fingerprint density at radius 3 is 3.10 bits per heavy atom. The molecule has 0 amide bonds. The topological polar surface area (TPSA) is 21.6 Å². The number of terminal acetylenes is 1. The third-order valence-corrected chi connectivity index (χ3v) is 0.984. The zero-order valence-electron chi connectivity index (χ0n) is 6.34. The number of hydrogen-bond acceptors (Lipinski definition) is 2. The van der Waals surface area contributed by atoms with Crippen molar-refractivity contribution in [1.82, 2.24) is 0 Å². The van der Waals surface area contributed by atoms with E-state index in [0.717, 1.165) is 12.8 Å². The van der Waals surface area contributed by atoms with E-state index in [2.05, 4.69) is 22.8 Å². The Morgan fingerprint density at radius 1 is 1.70 bits per heavy atom. The number of nitrogens with zero attached hydrogens (tertiary/aromatic N) is 1. The molecule has 0 bridgehead atoms. The van der Waals surface area contributed by atoms with Crippen LogP contribution in [0.1, 0.15) is 26.2 Å². The van der Waals surface area contributed by atoms with Gasteiger partial charge in [0, 0.05) is 6.21 Å². The Morgan fingerprint density at radius 2 is 2.50 bits per heavy atom. The summed E-state index contributed by atoms with van der Waals surface area (Å²) in [6.07, 6.45) is 9.98. The first-order chi connectivity index (χ1) is 4.91. The Bertz CT molecular complexity index is 124. The van der Waals surface area contributed by atoms with Gasteiger partial charge >= 0.3 is 0 Å². The summed E-state index contributed by atoms with van der Waals surface area (Å²) < 4.78 is 0. The molecule has 56 valence electrons. The second-order valence-electron chi connectivity index (χ2n) is 1.91. The fourth-order valence-electron chi connectivity index (χ4n) is 0.475. The van der Waals surface area contributed by atoms with Crippen molar-refractivity contribution in [2.75, 3.05) is 6.61 Å². The molecule has 0 spiro atoms. The zero-order chi connectivity index (χ0) is 7.66. The van der Waals surface area contributed by atoms with E-state index >= 15 is 0 Å². The van der Waals surface area contributed by atoms with Crippen LogP contribution in [0, 0.1) is 12.3 Å². The molecule has 0 aliphatic carbocycles. The highest BCUT2D eigenvalue weighted by Crippen LogP contribution is 1.89. The van der Waals surface area contributed by atoms with Crippen LogP contribution in [-0.4, -0.2) is 12.8 Å². The van der Waals surface area contributed by atoms with Crippen LogP contribution in [0.5, 0.6) is 0 Å². The average molecular weight is 139 g/mol. The van der Waals surface area contributed by atoms with Gasteiger partial charge < -0.3 is 4.84 Å². The summed E-state index contributed by atoms with van der Waals surface area (Å²) in [5.41, 5.74) is 0. The molecule has 0 radical (unpaired) electrons. The van der Waals surface area contributed by atoms with Crippen LogP contribution in [0.25, 0.3) is 0 Å². The van der Waals surface area contributed by atoms with Crippen LogP contribution in [0.4, 0.5) is 0 Å². The third-order valence-electron chi connectivity index (χ3n) is 0.984. The number of rotatable bonds is 5. The van der Waals surface area contributed by atoms with Crippen LogP contribution < -0.4 is 0 Å². The summed E-state index contributed by atoms with van der Waals surface area (Å²) >= 11 is 0. The lowest BCUT2D eigenvalue weighted by molar-refractivity contribution is 0.181. The molecule has 2 nitrogen and oxygen atoms in total. The van der Waals surface area contributed by atoms with Crippen molar-refractivity contribution < 1.29 is 4.84 Å². The van der Waals surface area contributed by atoms with Crippen molar-refractivity contribution in [2.45, 2.75) is 26.2 Å². The van der Waals surface area contributed by atoms with Gasteiger partial charge in [0.1, 0.15) is 0 Å². The minimum absolute atomic E-state index is 0.266. The summed E-state index contributed by atoms with van der Waals surface area (Å²) in [7, 11) is 0. The molecule has 0 aliphatic rings. The molecule has 0 saturated heterocycles. The molecule has 0 fully saturated rings. The monoisotopic (exact) mass is 139 g/mol. The van der Waals surface area contributed by atoms with E-state index in [1.54, 1.807) is 6.21 Å². The van der Waals surface area contributed by atoms with Gasteiger partial charge in [-0.3, -0.25) is 0 Å². The van der Waals surface area contributed by atoms with Crippen LogP contribution >= 0.6 is 0 Å². The molecule has 2 heteroatoms. The quantitative estimate of drug-likeness (QED) is 0.246. The maximum Gasteiger partial charge on any atom is 0.177 e. The van der Waals surface area contributed by atoms with Gasteiger partial charge in [-0.25, -0.2) is 0 Å². The minimum Gasteiger partial charge on any atom is -0.383 e. The van der Waals surface area contributed by atoms with Gasteiger partial charge in [0.15, 0.2) is 6.61 Å². The SMILES string of the molecule is C#CCON=CCCCC. The summed E-state index contributed by atoms with van der Waals surface area (Å²) in [6, 6.07) is 0. The van der Waals surface area contributed by atoms with Crippen molar-refractivity contribution in [1.29, 1.82) is 0 Å². The second kappa shape index (κ2) is 8.03. The fraction of sp³-hybridized carbons (Fsp3) is 0.625. The van der Waals surface area contributed by atoms with Gasteiger partial charge in [0.2, 0.25) is 0 Å². The molecule has 10 heavy (non-hydrogen) atoms. The van der Waals surface area contributed by atoms with Crippen molar-refractivity contribution in [3.8, 4) is 12.3 Å². The summed E-state index contributed by atoms with van der Waals surface area (Å²) in [5.74, 6) is 2.32. The molecule has 0 rings (SSSR count). The summed E-state index contributed by atoms with van der Waals surface area (Å²) in [5, 5.41) is 3.63. The van der Waals surface area contributed by atoms with E-state index in [9.17, 15) is 0 Å². The van der Waals surface area contributed by atoms with Gasteiger partial charge in [-0.2, -0.15) is 0 Å². The van der Waals surface area contributed by atoms with Crippen LogP contribution in [-0.2, 0) is 4.84 Å². The van der Waals surface area contributed by atoms with E-state index in [-0.39, 0.29) is 6.61 Å². The molecule has 0 heterocycles. The highest BCUT2D eigenvalue weighted by molar-refractivity contribution is 5.56. The fourth-order valence-corrected chi connectivity index (χ4v) is 0.475. The number of oxime groups is 1. The van der Waals surface area contributed by atoms with Crippen molar-refractivity contribution >= 4 is 6.21 Å². The van der Waals surface area contributed by atoms with Gasteiger partial charge in [-0.05, 0) is 12.8 Å². The first-order valence-corrected chi connectivity index (χ1v) is 3.49.